The molecule has 1 saturated heterocycles. The van der Waals surface area contributed by atoms with Gasteiger partial charge in [-0.1, -0.05) is 19.1 Å². The van der Waals surface area contributed by atoms with Gasteiger partial charge in [0.15, 0.2) is 0 Å². The molecule has 0 saturated carbocycles. The van der Waals surface area contributed by atoms with Crippen LogP contribution in [0.25, 0.3) is 0 Å². The van der Waals surface area contributed by atoms with E-state index in [1.807, 2.05) is 25.1 Å². The standard InChI is InChI=1S/C20H22N2O4/c1-3-12-26-15-10-8-14(9-11-15)22-19(23)13-17(20(22)24)21-16-6-4-5-7-18(16)25-2/h4-11,17,21H,3,12-13H2,1-2H3/t17-/m0/s1. The molecule has 1 aliphatic rings. The number of amides is 2. The molecule has 1 fully saturated rings. The summed E-state index contributed by atoms with van der Waals surface area (Å²) in [5, 5.41) is 3.12. The molecule has 0 bridgehead atoms. The van der Waals surface area contributed by atoms with Gasteiger partial charge < -0.3 is 14.8 Å². The van der Waals surface area contributed by atoms with Gasteiger partial charge in [0.05, 0.1) is 31.5 Å². The molecular weight excluding hydrogens is 332 g/mol. The summed E-state index contributed by atoms with van der Waals surface area (Å²) in [6, 6.07) is 13.7. The lowest BCUT2D eigenvalue weighted by molar-refractivity contribution is -0.121. The van der Waals surface area contributed by atoms with Crippen LogP contribution in [0.1, 0.15) is 19.8 Å². The highest BCUT2D eigenvalue weighted by molar-refractivity contribution is 6.23. The highest BCUT2D eigenvalue weighted by Crippen LogP contribution is 2.29. The van der Waals surface area contributed by atoms with Crippen LogP contribution in [-0.4, -0.2) is 31.6 Å². The van der Waals surface area contributed by atoms with Gasteiger partial charge >= 0.3 is 0 Å². The van der Waals surface area contributed by atoms with Crippen LogP contribution in [0.3, 0.4) is 0 Å². The summed E-state index contributed by atoms with van der Waals surface area (Å²) in [6.45, 7) is 2.66. The fourth-order valence-corrected chi connectivity index (χ4v) is 2.88. The van der Waals surface area contributed by atoms with E-state index in [2.05, 4.69) is 5.32 Å². The van der Waals surface area contributed by atoms with Crippen molar-refractivity contribution >= 4 is 23.2 Å². The number of hydrogen-bond acceptors (Lipinski definition) is 5. The normalized spacial score (nSPS) is 16.7. The molecule has 1 aliphatic heterocycles. The molecule has 2 aromatic rings. The van der Waals surface area contributed by atoms with E-state index in [1.165, 1.54) is 4.90 Å². The second-order valence-electron chi connectivity index (χ2n) is 6.01. The number of hydrogen-bond donors (Lipinski definition) is 1. The Balaban J connectivity index is 1.74. The van der Waals surface area contributed by atoms with Crippen molar-refractivity contribution in [2.24, 2.45) is 0 Å². The number of rotatable bonds is 7. The number of nitrogens with zero attached hydrogens (tertiary/aromatic N) is 1. The second kappa shape index (κ2) is 7.91. The smallest absolute Gasteiger partial charge is 0.256 e. The van der Waals surface area contributed by atoms with E-state index in [-0.39, 0.29) is 18.2 Å². The summed E-state index contributed by atoms with van der Waals surface area (Å²) in [7, 11) is 1.57. The van der Waals surface area contributed by atoms with Crippen molar-refractivity contribution in [3.63, 3.8) is 0 Å². The summed E-state index contributed by atoms with van der Waals surface area (Å²) in [6.07, 6.45) is 1.02. The Morgan fingerprint density at radius 3 is 2.54 bits per heavy atom. The first-order valence-electron chi connectivity index (χ1n) is 8.63. The zero-order chi connectivity index (χ0) is 18.5. The first-order chi connectivity index (χ1) is 12.6. The van der Waals surface area contributed by atoms with Gasteiger partial charge in [0, 0.05) is 0 Å². The lowest BCUT2D eigenvalue weighted by Gasteiger charge is -2.17. The van der Waals surface area contributed by atoms with Crippen molar-refractivity contribution in [3.05, 3.63) is 48.5 Å². The minimum atomic E-state index is -0.616. The van der Waals surface area contributed by atoms with Crippen molar-refractivity contribution in [1.29, 1.82) is 0 Å². The molecule has 136 valence electrons. The third-order valence-corrected chi connectivity index (χ3v) is 4.15. The summed E-state index contributed by atoms with van der Waals surface area (Å²) in [5.74, 6) is 0.842. The number of carbonyl (C=O) groups excluding carboxylic acids is 2. The molecule has 0 aromatic heterocycles. The molecule has 6 heteroatoms. The first-order valence-corrected chi connectivity index (χ1v) is 8.63. The predicted molar refractivity (Wildman–Crippen MR) is 99.7 cm³/mol. The first kappa shape index (κ1) is 17.8. The van der Waals surface area contributed by atoms with Gasteiger partial charge in [-0.2, -0.15) is 0 Å². The van der Waals surface area contributed by atoms with Crippen LogP contribution < -0.4 is 19.7 Å². The Morgan fingerprint density at radius 1 is 1.12 bits per heavy atom. The van der Waals surface area contributed by atoms with Crippen LogP contribution in [0.15, 0.2) is 48.5 Å². The summed E-state index contributed by atoms with van der Waals surface area (Å²) >= 11 is 0. The maximum absolute atomic E-state index is 12.7. The molecule has 2 aromatic carbocycles. The fraction of sp³-hybridized carbons (Fsp3) is 0.300. The summed E-state index contributed by atoms with van der Waals surface area (Å²) in [4.78, 5) is 26.4. The van der Waals surface area contributed by atoms with E-state index < -0.39 is 6.04 Å². The van der Waals surface area contributed by atoms with Crippen molar-refractivity contribution in [2.45, 2.75) is 25.8 Å². The Hall–Kier alpha value is -3.02. The van der Waals surface area contributed by atoms with Crippen LogP contribution in [0, 0.1) is 0 Å². The molecule has 0 unspecified atom stereocenters. The van der Waals surface area contributed by atoms with E-state index in [4.69, 9.17) is 9.47 Å². The summed E-state index contributed by atoms with van der Waals surface area (Å²) in [5.41, 5.74) is 1.24. The van der Waals surface area contributed by atoms with Gasteiger partial charge in [0.1, 0.15) is 17.5 Å². The third kappa shape index (κ3) is 3.64. The van der Waals surface area contributed by atoms with Crippen molar-refractivity contribution in [1.82, 2.24) is 0 Å². The van der Waals surface area contributed by atoms with Crippen LogP contribution in [-0.2, 0) is 9.59 Å². The van der Waals surface area contributed by atoms with E-state index in [0.29, 0.717) is 23.7 Å². The molecule has 0 spiro atoms. The van der Waals surface area contributed by atoms with E-state index in [1.54, 1.807) is 37.4 Å². The molecule has 1 heterocycles. The van der Waals surface area contributed by atoms with E-state index >= 15 is 0 Å². The molecule has 2 amide bonds. The predicted octanol–water partition coefficient (Wildman–Crippen LogP) is 3.23. The summed E-state index contributed by atoms with van der Waals surface area (Å²) < 4.78 is 10.8. The SMILES string of the molecule is CCCOc1ccc(N2C(=O)C[C@H](Nc3ccccc3OC)C2=O)cc1. The average molecular weight is 354 g/mol. The van der Waals surface area contributed by atoms with Gasteiger partial charge in [0.2, 0.25) is 5.91 Å². The Labute approximate surface area is 152 Å². The van der Waals surface area contributed by atoms with E-state index in [9.17, 15) is 9.59 Å². The molecule has 0 radical (unpaired) electrons. The number of imide groups is 1. The number of nitrogens with one attached hydrogen (secondary N) is 1. The molecule has 3 rings (SSSR count). The molecular formula is C20H22N2O4. The number of ether oxygens (including phenoxy) is 2. The van der Waals surface area contributed by atoms with Crippen LogP contribution >= 0.6 is 0 Å². The van der Waals surface area contributed by atoms with Crippen LogP contribution in [0.4, 0.5) is 11.4 Å². The average Bonchev–Trinajstić information content (AvgIpc) is 2.94. The van der Waals surface area contributed by atoms with Crippen molar-refractivity contribution < 1.29 is 19.1 Å². The number of para-hydroxylation sites is 2. The topological polar surface area (TPSA) is 67.9 Å². The minimum Gasteiger partial charge on any atom is -0.495 e. The quantitative estimate of drug-likeness (QED) is 0.773. The molecule has 26 heavy (non-hydrogen) atoms. The van der Waals surface area contributed by atoms with Gasteiger partial charge in [-0.15, -0.1) is 0 Å². The van der Waals surface area contributed by atoms with Crippen molar-refractivity contribution in [2.75, 3.05) is 23.9 Å². The highest BCUT2D eigenvalue weighted by atomic mass is 16.5. The third-order valence-electron chi connectivity index (χ3n) is 4.15. The van der Waals surface area contributed by atoms with Crippen LogP contribution in [0.5, 0.6) is 11.5 Å². The number of methoxy groups -OCH3 is 1. The van der Waals surface area contributed by atoms with Crippen LogP contribution in [0.2, 0.25) is 0 Å². The minimum absolute atomic E-state index is 0.102. The van der Waals surface area contributed by atoms with Crippen molar-refractivity contribution in [3.8, 4) is 11.5 Å². The van der Waals surface area contributed by atoms with E-state index in [0.717, 1.165) is 12.2 Å². The Bertz CT molecular complexity index is 789. The molecule has 1 N–H and O–H groups in total. The highest BCUT2D eigenvalue weighted by Gasteiger charge is 2.39. The molecule has 1 atom stereocenters. The maximum Gasteiger partial charge on any atom is 0.256 e. The zero-order valence-corrected chi connectivity index (χ0v) is 14.9. The second-order valence-corrected chi connectivity index (χ2v) is 6.01. The lowest BCUT2D eigenvalue weighted by Crippen LogP contribution is -2.34. The maximum atomic E-state index is 12.7. The zero-order valence-electron chi connectivity index (χ0n) is 14.9. The number of anilines is 2. The fourth-order valence-electron chi connectivity index (χ4n) is 2.88. The lowest BCUT2D eigenvalue weighted by atomic mass is 10.2. The van der Waals surface area contributed by atoms with Gasteiger partial charge in [-0.05, 0) is 42.8 Å². The monoisotopic (exact) mass is 354 g/mol. The van der Waals surface area contributed by atoms with Gasteiger partial charge in [0.25, 0.3) is 5.91 Å². The van der Waals surface area contributed by atoms with Gasteiger partial charge in [-0.3, -0.25) is 9.59 Å². The Morgan fingerprint density at radius 2 is 1.85 bits per heavy atom. The Kier molecular flexibility index (Phi) is 5.41. The molecule has 0 aliphatic carbocycles. The number of benzene rings is 2. The van der Waals surface area contributed by atoms with Gasteiger partial charge in [-0.25, -0.2) is 4.90 Å². The number of carbonyl (C=O) groups is 2. The largest absolute Gasteiger partial charge is 0.495 e. The molecule has 6 nitrogen and oxygen atoms in total.